The van der Waals surface area contributed by atoms with E-state index in [9.17, 15) is 4.79 Å². The van der Waals surface area contributed by atoms with Crippen LogP contribution in [0.25, 0.3) is 11.1 Å². The minimum absolute atomic E-state index is 0.0139. The van der Waals surface area contributed by atoms with Crippen LogP contribution in [-0.4, -0.2) is 19.1 Å². The highest BCUT2D eigenvalue weighted by molar-refractivity contribution is 5.73. The van der Waals surface area contributed by atoms with Gasteiger partial charge in [-0.1, -0.05) is 42.5 Å². The van der Waals surface area contributed by atoms with E-state index < -0.39 is 0 Å². The van der Waals surface area contributed by atoms with Gasteiger partial charge in [0.25, 0.3) is 0 Å². The molecule has 1 N–H and O–H groups in total. The normalized spacial score (nSPS) is 13.3. The molecule has 0 aliphatic rings. The predicted octanol–water partition coefficient (Wildman–Crippen LogP) is 3.96. The lowest BCUT2D eigenvalue weighted by Gasteiger charge is -2.20. The largest absolute Gasteiger partial charge is 0.469 e. The van der Waals surface area contributed by atoms with E-state index in [2.05, 4.69) is 29.6 Å². The Bertz CT molecular complexity index is 578. The van der Waals surface area contributed by atoms with Gasteiger partial charge in [-0.05, 0) is 37.1 Å². The van der Waals surface area contributed by atoms with E-state index >= 15 is 0 Å². The molecule has 0 aliphatic carbocycles. The quantitative estimate of drug-likeness (QED) is 0.844. The molecule has 2 aromatic rings. The molecule has 2 aromatic carbocycles. The van der Waals surface area contributed by atoms with Crippen molar-refractivity contribution in [3.05, 3.63) is 54.6 Å². The molecule has 0 amide bonds. The number of hydrogen-bond acceptors (Lipinski definition) is 3. The minimum Gasteiger partial charge on any atom is -0.469 e. The molecule has 0 aliphatic heterocycles. The molecule has 3 heteroatoms. The third kappa shape index (κ3) is 3.85. The molecule has 0 heterocycles. The zero-order chi connectivity index (χ0) is 15.2. The average molecular weight is 283 g/mol. The number of ether oxygens (including phenoxy) is 1. The maximum Gasteiger partial charge on any atom is 0.310 e. The average Bonchev–Trinajstić information content (AvgIpc) is 2.54. The van der Waals surface area contributed by atoms with Crippen LogP contribution in [0.4, 0.5) is 5.69 Å². The Balaban J connectivity index is 2.04. The molecule has 110 valence electrons. The van der Waals surface area contributed by atoms with Crippen molar-refractivity contribution in [1.29, 1.82) is 0 Å². The van der Waals surface area contributed by atoms with Gasteiger partial charge in [0.1, 0.15) is 0 Å². The highest BCUT2D eigenvalue weighted by Gasteiger charge is 2.20. The van der Waals surface area contributed by atoms with Gasteiger partial charge in [-0.25, -0.2) is 0 Å². The molecule has 21 heavy (non-hydrogen) atoms. The van der Waals surface area contributed by atoms with Gasteiger partial charge in [0, 0.05) is 11.7 Å². The summed E-state index contributed by atoms with van der Waals surface area (Å²) >= 11 is 0. The lowest BCUT2D eigenvalue weighted by Crippen LogP contribution is -2.30. The van der Waals surface area contributed by atoms with Crippen LogP contribution < -0.4 is 5.32 Å². The van der Waals surface area contributed by atoms with Gasteiger partial charge in [0.15, 0.2) is 0 Å². The summed E-state index contributed by atoms with van der Waals surface area (Å²) in [4.78, 5) is 11.5. The molecule has 2 rings (SSSR count). The van der Waals surface area contributed by atoms with Gasteiger partial charge in [0.05, 0.1) is 13.0 Å². The summed E-state index contributed by atoms with van der Waals surface area (Å²) in [5.41, 5.74) is 3.37. The number of rotatable bonds is 5. The van der Waals surface area contributed by atoms with Crippen LogP contribution in [0.5, 0.6) is 0 Å². The molecule has 2 unspecified atom stereocenters. The van der Waals surface area contributed by atoms with Crippen LogP contribution in [0, 0.1) is 5.92 Å². The molecule has 0 radical (unpaired) electrons. The summed E-state index contributed by atoms with van der Waals surface area (Å²) in [6.07, 6.45) is 0. The van der Waals surface area contributed by atoms with Gasteiger partial charge < -0.3 is 10.1 Å². The maximum atomic E-state index is 11.5. The van der Waals surface area contributed by atoms with Gasteiger partial charge in [-0.3, -0.25) is 4.79 Å². The molecule has 0 saturated heterocycles. The Kier molecular flexibility index (Phi) is 4.99. The number of esters is 1. The topological polar surface area (TPSA) is 38.3 Å². The number of benzene rings is 2. The fourth-order valence-electron chi connectivity index (χ4n) is 2.17. The number of carbonyl (C=O) groups is 1. The number of anilines is 1. The van der Waals surface area contributed by atoms with Crippen molar-refractivity contribution in [1.82, 2.24) is 0 Å². The van der Waals surface area contributed by atoms with E-state index in [0.29, 0.717) is 0 Å². The molecule has 0 fully saturated rings. The van der Waals surface area contributed by atoms with Gasteiger partial charge >= 0.3 is 5.97 Å². The zero-order valence-corrected chi connectivity index (χ0v) is 12.7. The Morgan fingerprint density at radius 1 is 0.952 bits per heavy atom. The molecule has 0 saturated carbocycles. The first-order valence-corrected chi connectivity index (χ1v) is 7.11. The van der Waals surface area contributed by atoms with Gasteiger partial charge in [-0.15, -0.1) is 0 Å². The van der Waals surface area contributed by atoms with E-state index in [-0.39, 0.29) is 17.9 Å². The van der Waals surface area contributed by atoms with Crippen molar-refractivity contribution in [2.45, 2.75) is 19.9 Å². The highest BCUT2D eigenvalue weighted by Crippen LogP contribution is 2.22. The minimum atomic E-state index is -0.198. The summed E-state index contributed by atoms with van der Waals surface area (Å²) < 4.78 is 4.77. The summed E-state index contributed by atoms with van der Waals surface area (Å²) in [5.74, 6) is -0.389. The van der Waals surface area contributed by atoms with Crippen molar-refractivity contribution < 1.29 is 9.53 Å². The van der Waals surface area contributed by atoms with Crippen LogP contribution in [0.15, 0.2) is 54.6 Å². The fraction of sp³-hybridized carbons (Fsp3) is 0.278. The van der Waals surface area contributed by atoms with Crippen LogP contribution >= 0.6 is 0 Å². The maximum absolute atomic E-state index is 11.5. The Morgan fingerprint density at radius 2 is 1.52 bits per heavy atom. The number of carbonyl (C=O) groups excluding carboxylic acids is 1. The van der Waals surface area contributed by atoms with Crippen molar-refractivity contribution in [2.24, 2.45) is 5.92 Å². The fourth-order valence-corrected chi connectivity index (χ4v) is 2.17. The second-order valence-electron chi connectivity index (χ2n) is 5.19. The van der Waals surface area contributed by atoms with E-state index in [1.807, 2.05) is 44.2 Å². The van der Waals surface area contributed by atoms with Crippen molar-refractivity contribution >= 4 is 11.7 Å². The van der Waals surface area contributed by atoms with Crippen LogP contribution in [0.2, 0.25) is 0 Å². The van der Waals surface area contributed by atoms with Crippen LogP contribution in [0.3, 0.4) is 0 Å². The summed E-state index contributed by atoms with van der Waals surface area (Å²) in [5, 5.41) is 3.33. The molecular formula is C18H21NO2. The molecule has 0 spiro atoms. The lowest BCUT2D eigenvalue weighted by atomic mass is 10.0. The second-order valence-corrected chi connectivity index (χ2v) is 5.19. The molecule has 0 aromatic heterocycles. The summed E-state index contributed by atoms with van der Waals surface area (Å²) in [6, 6.07) is 18.5. The first-order chi connectivity index (χ1) is 10.1. The van der Waals surface area contributed by atoms with Gasteiger partial charge in [0.2, 0.25) is 0 Å². The van der Waals surface area contributed by atoms with E-state index in [0.717, 1.165) is 5.69 Å². The Hall–Kier alpha value is -2.29. The third-order valence-corrected chi connectivity index (χ3v) is 3.71. The number of nitrogens with one attached hydrogen (secondary N) is 1. The molecule has 2 atom stereocenters. The van der Waals surface area contributed by atoms with E-state index in [1.54, 1.807) is 0 Å². The van der Waals surface area contributed by atoms with Gasteiger partial charge in [-0.2, -0.15) is 0 Å². The number of methoxy groups -OCH3 is 1. The molecule has 3 nitrogen and oxygen atoms in total. The molecular weight excluding hydrogens is 262 g/mol. The van der Waals surface area contributed by atoms with E-state index in [1.165, 1.54) is 18.2 Å². The monoisotopic (exact) mass is 283 g/mol. The Labute approximate surface area is 126 Å². The lowest BCUT2D eigenvalue weighted by molar-refractivity contribution is -0.145. The summed E-state index contributed by atoms with van der Waals surface area (Å²) in [7, 11) is 1.42. The third-order valence-electron chi connectivity index (χ3n) is 3.71. The molecule has 0 bridgehead atoms. The van der Waals surface area contributed by atoms with Crippen LogP contribution in [-0.2, 0) is 9.53 Å². The van der Waals surface area contributed by atoms with Crippen LogP contribution in [0.1, 0.15) is 13.8 Å². The first-order valence-electron chi connectivity index (χ1n) is 7.11. The smallest absolute Gasteiger partial charge is 0.310 e. The van der Waals surface area contributed by atoms with E-state index in [4.69, 9.17) is 4.74 Å². The summed E-state index contributed by atoms with van der Waals surface area (Å²) in [6.45, 7) is 3.84. The SMILES string of the molecule is COC(=O)C(C)C(C)Nc1ccc(-c2ccccc2)cc1. The standard InChI is InChI=1S/C18H21NO2/c1-13(18(20)21-3)14(2)19-17-11-9-16(10-12-17)15-7-5-4-6-8-15/h4-14,19H,1-3H3. The van der Waals surface area contributed by atoms with Crippen molar-refractivity contribution in [3.63, 3.8) is 0 Å². The number of hydrogen-bond donors (Lipinski definition) is 1. The zero-order valence-electron chi connectivity index (χ0n) is 12.7. The predicted molar refractivity (Wildman–Crippen MR) is 86.1 cm³/mol. The second kappa shape index (κ2) is 6.93. The first kappa shape index (κ1) is 15.1. The Morgan fingerprint density at radius 3 is 2.10 bits per heavy atom. The van der Waals surface area contributed by atoms with Crippen molar-refractivity contribution in [2.75, 3.05) is 12.4 Å². The highest BCUT2D eigenvalue weighted by atomic mass is 16.5. The van der Waals surface area contributed by atoms with Crippen molar-refractivity contribution in [3.8, 4) is 11.1 Å².